The van der Waals surface area contributed by atoms with Crippen LogP contribution >= 0.6 is 0 Å². The van der Waals surface area contributed by atoms with E-state index in [4.69, 9.17) is 11.5 Å². The van der Waals surface area contributed by atoms with E-state index in [1.165, 1.54) is 0 Å². The number of amides is 1. The number of carboxylic acid groups (broad SMARTS) is 1. The average Bonchev–Trinajstić information content (AvgIpc) is 2.62. The molecule has 1 amide bonds. The highest BCUT2D eigenvalue weighted by molar-refractivity contribution is 5.87. The summed E-state index contributed by atoms with van der Waals surface area (Å²) in [5.74, 6) is -1.57. The van der Waals surface area contributed by atoms with Gasteiger partial charge in [0.2, 0.25) is 5.91 Å². The van der Waals surface area contributed by atoms with Gasteiger partial charge in [-0.05, 0) is 23.1 Å². The third-order valence-corrected chi connectivity index (χ3v) is 3.95. The number of hydrogen-bond acceptors (Lipinski definition) is 4. The van der Waals surface area contributed by atoms with Crippen LogP contribution in [0.15, 0.2) is 54.6 Å². The first-order chi connectivity index (χ1) is 12.0. The van der Waals surface area contributed by atoms with E-state index in [2.05, 4.69) is 5.32 Å². The van der Waals surface area contributed by atoms with E-state index < -0.39 is 24.0 Å². The quantitative estimate of drug-likeness (QED) is 0.567. The largest absolute Gasteiger partial charge is 0.480 e. The van der Waals surface area contributed by atoms with Gasteiger partial charge in [0.25, 0.3) is 0 Å². The molecule has 2 rings (SSSR count). The van der Waals surface area contributed by atoms with Crippen molar-refractivity contribution in [3.05, 3.63) is 71.3 Å². The fourth-order valence-corrected chi connectivity index (χ4v) is 2.49. The number of nitrogens with one attached hydrogen (secondary N) is 1. The normalized spacial score (nSPS) is 13.0. The summed E-state index contributed by atoms with van der Waals surface area (Å²) >= 11 is 0. The van der Waals surface area contributed by atoms with Gasteiger partial charge in [0.15, 0.2) is 0 Å². The fourth-order valence-electron chi connectivity index (χ4n) is 2.49. The summed E-state index contributed by atoms with van der Waals surface area (Å²) in [5.41, 5.74) is 14.2. The number of hydrogen-bond donors (Lipinski definition) is 4. The standard InChI is InChI=1S/C19H23N3O3/c20-12-15-8-6-14(7-9-15)11-17(19(24)25)22-18(23)16(21)10-13-4-2-1-3-5-13/h1-9,16-17H,10-12,20-21H2,(H,22,23)(H,24,25)/t16-,17+/m0/s1. The van der Waals surface area contributed by atoms with Crippen LogP contribution in [0.4, 0.5) is 0 Å². The van der Waals surface area contributed by atoms with Crippen LogP contribution in [-0.4, -0.2) is 29.1 Å². The minimum Gasteiger partial charge on any atom is -0.480 e. The van der Waals surface area contributed by atoms with Gasteiger partial charge in [0.1, 0.15) is 6.04 Å². The van der Waals surface area contributed by atoms with Crippen LogP contribution in [0, 0.1) is 0 Å². The molecule has 2 atom stereocenters. The molecule has 0 saturated carbocycles. The Balaban J connectivity index is 1.97. The molecule has 0 bridgehead atoms. The summed E-state index contributed by atoms with van der Waals surface area (Å²) in [5, 5.41) is 11.9. The van der Waals surface area contributed by atoms with Crippen molar-refractivity contribution < 1.29 is 14.7 Å². The van der Waals surface area contributed by atoms with Crippen LogP contribution in [0.2, 0.25) is 0 Å². The van der Waals surface area contributed by atoms with Crippen LogP contribution in [-0.2, 0) is 29.0 Å². The number of nitrogens with two attached hydrogens (primary N) is 2. The Bertz CT molecular complexity index is 702. The van der Waals surface area contributed by atoms with Gasteiger partial charge < -0.3 is 21.9 Å². The van der Waals surface area contributed by atoms with E-state index in [0.29, 0.717) is 13.0 Å². The number of rotatable bonds is 8. The molecule has 6 N–H and O–H groups in total. The number of carboxylic acids is 1. The Morgan fingerprint density at radius 2 is 1.48 bits per heavy atom. The molecule has 6 nitrogen and oxygen atoms in total. The zero-order valence-corrected chi connectivity index (χ0v) is 13.9. The molecule has 0 fully saturated rings. The molecule has 2 aromatic rings. The molecular formula is C19H23N3O3. The lowest BCUT2D eigenvalue weighted by atomic mass is 10.0. The number of aliphatic carboxylic acids is 1. The van der Waals surface area contributed by atoms with E-state index in [0.717, 1.165) is 16.7 Å². The molecule has 2 aromatic carbocycles. The van der Waals surface area contributed by atoms with E-state index in [-0.39, 0.29) is 6.42 Å². The van der Waals surface area contributed by atoms with Crippen LogP contribution in [0.25, 0.3) is 0 Å². The van der Waals surface area contributed by atoms with E-state index in [1.807, 2.05) is 54.6 Å². The van der Waals surface area contributed by atoms with Crippen molar-refractivity contribution in [1.29, 1.82) is 0 Å². The van der Waals surface area contributed by atoms with Crippen molar-refractivity contribution in [2.24, 2.45) is 11.5 Å². The third kappa shape index (κ3) is 5.70. The second-order valence-electron chi connectivity index (χ2n) is 5.92. The molecule has 0 aromatic heterocycles. The van der Waals surface area contributed by atoms with Crippen LogP contribution in [0.5, 0.6) is 0 Å². The predicted molar refractivity (Wildman–Crippen MR) is 95.7 cm³/mol. The SMILES string of the molecule is NCc1ccc(C[C@@H](NC(=O)[C@@H](N)Cc2ccccc2)C(=O)O)cc1. The Kier molecular flexibility index (Phi) is 6.68. The van der Waals surface area contributed by atoms with E-state index in [1.54, 1.807) is 0 Å². The summed E-state index contributed by atoms with van der Waals surface area (Å²) in [6.45, 7) is 0.424. The second-order valence-corrected chi connectivity index (χ2v) is 5.92. The van der Waals surface area contributed by atoms with Crippen molar-refractivity contribution in [2.75, 3.05) is 0 Å². The first-order valence-electron chi connectivity index (χ1n) is 8.10. The van der Waals surface area contributed by atoms with Crippen molar-refractivity contribution in [1.82, 2.24) is 5.32 Å². The smallest absolute Gasteiger partial charge is 0.326 e. The van der Waals surface area contributed by atoms with Gasteiger partial charge >= 0.3 is 5.97 Å². The molecule has 25 heavy (non-hydrogen) atoms. The number of carbonyl (C=O) groups excluding carboxylic acids is 1. The number of benzene rings is 2. The van der Waals surface area contributed by atoms with Gasteiger partial charge in [0.05, 0.1) is 6.04 Å². The summed E-state index contributed by atoms with van der Waals surface area (Å²) in [6, 6.07) is 14.8. The second kappa shape index (κ2) is 8.96. The van der Waals surface area contributed by atoms with Gasteiger partial charge in [-0.15, -0.1) is 0 Å². The van der Waals surface area contributed by atoms with Gasteiger partial charge in [-0.1, -0.05) is 54.6 Å². The minimum atomic E-state index is -1.09. The molecule has 0 spiro atoms. The Hall–Kier alpha value is -2.70. The van der Waals surface area contributed by atoms with E-state index in [9.17, 15) is 14.7 Å². The van der Waals surface area contributed by atoms with Crippen LogP contribution in [0.3, 0.4) is 0 Å². The van der Waals surface area contributed by atoms with Gasteiger partial charge in [-0.25, -0.2) is 4.79 Å². The maximum absolute atomic E-state index is 12.2. The van der Waals surface area contributed by atoms with E-state index >= 15 is 0 Å². The highest BCUT2D eigenvalue weighted by Gasteiger charge is 2.23. The first kappa shape index (κ1) is 18.6. The first-order valence-corrected chi connectivity index (χ1v) is 8.10. The van der Waals surface area contributed by atoms with Crippen molar-refractivity contribution in [3.8, 4) is 0 Å². The molecule has 132 valence electrons. The zero-order valence-electron chi connectivity index (χ0n) is 13.9. The molecule has 0 radical (unpaired) electrons. The van der Waals surface area contributed by atoms with Crippen molar-refractivity contribution in [3.63, 3.8) is 0 Å². The molecule has 0 aliphatic rings. The average molecular weight is 341 g/mol. The van der Waals surface area contributed by atoms with Crippen LogP contribution < -0.4 is 16.8 Å². The Morgan fingerprint density at radius 3 is 2.04 bits per heavy atom. The predicted octanol–water partition coefficient (Wildman–Crippen LogP) is 0.827. The molecule has 6 heteroatoms. The minimum absolute atomic E-state index is 0.185. The van der Waals surface area contributed by atoms with Gasteiger partial charge in [0, 0.05) is 13.0 Å². The molecule has 0 unspecified atom stereocenters. The maximum atomic E-state index is 12.2. The van der Waals surface area contributed by atoms with Crippen molar-refractivity contribution in [2.45, 2.75) is 31.5 Å². The lowest BCUT2D eigenvalue weighted by Crippen LogP contribution is -2.50. The Morgan fingerprint density at radius 1 is 0.920 bits per heavy atom. The third-order valence-electron chi connectivity index (χ3n) is 3.95. The lowest BCUT2D eigenvalue weighted by Gasteiger charge is -2.18. The summed E-state index contributed by atoms with van der Waals surface area (Å²) in [6.07, 6.45) is 0.536. The van der Waals surface area contributed by atoms with Crippen LogP contribution in [0.1, 0.15) is 16.7 Å². The maximum Gasteiger partial charge on any atom is 0.326 e. The van der Waals surface area contributed by atoms with Gasteiger partial charge in [-0.3, -0.25) is 4.79 Å². The monoisotopic (exact) mass is 341 g/mol. The summed E-state index contributed by atoms with van der Waals surface area (Å²) < 4.78 is 0. The topological polar surface area (TPSA) is 118 Å². The van der Waals surface area contributed by atoms with Gasteiger partial charge in [-0.2, -0.15) is 0 Å². The zero-order chi connectivity index (χ0) is 18.2. The molecular weight excluding hydrogens is 318 g/mol. The summed E-state index contributed by atoms with van der Waals surface area (Å²) in [4.78, 5) is 23.7. The number of carbonyl (C=O) groups is 2. The Labute approximate surface area is 146 Å². The molecule has 0 aliphatic heterocycles. The lowest BCUT2D eigenvalue weighted by molar-refractivity contribution is -0.141. The fraction of sp³-hybridized carbons (Fsp3) is 0.263. The highest BCUT2D eigenvalue weighted by atomic mass is 16.4. The molecule has 0 saturated heterocycles. The molecule has 0 aliphatic carbocycles. The summed E-state index contributed by atoms with van der Waals surface area (Å²) in [7, 11) is 0. The highest BCUT2D eigenvalue weighted by Crippen LogP contribution is 2.08. The molecule has 0 heterocycles. The van der Waals surface area contributed by atoms with Crippen molar-refractivity contribution >= 4 is 11.9 Å².